The molecule has 2 aromatic rings. The van der Waals surface area contributed by atoms with Crippen LogP contribution < -0.4 is 5.32 Å². The van der Waals surface area contributed by atoms with Crippen molar-refractivity contribution >= 4 is 16.8 Å². The molecule has 0 atom stereocenters. The Balaban J connectivity index is 2.17. The normalized spacial score (nSPS) is 10.6. The van der Waals surface area contributed by atoms with Gasteiger partial charge in [0.2, 0.25) is 5.91 Å². The van der Waals surface area contributed by atoms with Crippen LogP contribution in [0.25, 0.3) is 10.9 Å². The monoisotopic (exact) mass is 255 g/mol. The molecule has 2 rings (SSSR count). The molecule has 4 nitrogen and oxygen atoms in total. The number of benzene rings is 1. The third-order valence-corrected chi connectivity index (χ3v) is 2.92. The highest BCUT2D eigenvalue weighted by atomic mass is 16.1. The summed E-state index contributed by atoms with van der Waals surface area (Å²) in [5, 5.41) is 12.8. The van der Waals surface area contributed by atoms with Crippen molar-refractivity contribution in [2.24, 2.45) is 5.92 Å². The molecule has 0 aliphatic heterocycles. The molecule has 1 N–H and O–H groups in total. The number of carbonyl (C=O) groups is 1. The largest absolute Gasteiger partial charge is 0.354 e. The number of hydrogen-bond donors (Lipinski definition) is 1. The zero-order valence-corrected chi connectivity index (χ0v) is 11.2. The zero-order valence-electron chi connectivity index (χ0n) is 11.2. The van der Waals surface area contributed by atoms with Gasteiger partial charge < -0.3 is 9.88 Å². The summed E-state index contributed by atoms with van der Waals surface area (Å²) in [6.45, 7) is 5.08. The van der Waals surface area contributed by atoms with E-state index in [9.17, 15) is 4.79 Å². The first-order chi connectivity index (χ1) is 9.10. The van der Waals surface area contributed by atoms with Crippen LogP contribution in [0.5, 0.6) is 0 Å². The first-order valence-electron chi connectivity index (χ1n) is 6.36. The molecular weight excluding hydrogens is 238 g/mol. The van der Waals surface area contributed by atoms with Gasteiger partial charge in [-0.2, -0.15) is 5.26 Å². The molecule has 0 aliphatic rings. The van der Waals surface area contributed by atoms with E-state index in [1.165, 1.54) is 0 Å². The second-order valence-electron chi connectivity index (χ2n) is 5.03. The molecule has 0 bridgehead atoms. The van der Waals surface area contributed by atoms with Crippen LogP contribution in [0.1, 0.15) is 19.4 Å². The number of fused-ring (bicyclic) bond motifs is 1. The Morgan fingerprint density at radius 3 is 2.89 bits per heavy atom. The molecule has 0 unspecified atom stereocenters. The van der Waals surface area contributed by atoms with Gasteiger partial charge in [-0.1, -0.05) is 19.9 Å². The fraction of sp³-hybridized carbons (Fsp3) is 0.333. The lowest BCUT2D eigenvalue weighted by Crippen LogP contribution is -2.30. The first-order valence-corrected chi connectivity index (χ1v) is 6.36. The Labute approximate surface area is 112 Å². The smallest absolute Gasteiger partial charge is 0.239 e. The second-order valence-corrected chi connectivity index (χ2v) is 5.03. The number of hydrogen-bond acceptors (Lipinski definition) is 2. The van der Waals surface area contributed by atoms with E-state index >= 15 is 0 Å². The van der Waals surface area contributed by atoms with E-state index < -0.39 is 0 Å². The minimum Gasteiger partial charge on any atom is -0.354 e. The number of aromatic nitrogens is 1. The average Bonchev–Trinajstić information content (AvgIpc) is 2.79. The van der Waals surface area contributed by atoms with Crippen molar-refractivity contribution in [2.75, 3.05) is 6.54 Å². The van der Waals surface area contributed by atoms with Gasteiger partial charge in [-0.05, 0) is 29.5 Å². The van der Waals surface area contributed by atoms with Gasteiger partial charge >= 0.3 is 0 Å². The predicted molar refractivity (Wildman–Crippen MR) is 74.5 cm³/mol. The Morgan fingerprint density at radius 2 is 2.21 bits per heavy atom. The molecular formula is C15H17N3O. The van der Waals surface area contributed by atoms with Crippen LogP contribution >= 0.6 is 0 Å². The summed E-state index contributed by atoms with van der Waals surface area (Å²) in [4.78, 5) is 11.8. The number of rotatable bonds is 4. The molecule has 0 saturated carbocycles. The molecule has 0 fully saturated rings. The minimum absolute atomic E-state index is 0.00596. The maximum absolute atomic E-state index is 11.8. The van der Waals surface area contributed by atoms with Crippen molar-refractivity contribution in [2.45, 2.75) is 20.4 Å². The van der Waals surface area contributed by atoms with Crippen LogP contribution in [-0.4, -0.2) is 17.0 Å². The highest BCUT2D eigenvalue weighted by Gasteiger charge is 2.07. The van der Waals surface area contributed by atoms with E-state index in [0.29, 0.717) is 18.0 Å². The lowest BCUT2D eigenvalue weighted by atomic mass is 10.2. The molecule has 1 aromatic carbocycles. The Kier molecular flexibility index (Phi) is 3.86. The van der Waals surface area contributed by atoms with Crippen LogP contribution in [0.3, 0.4) is 0 Å². The van der Waals surface area contributed by atoms with E-state index in [1.54, 1.807) is 6.07 Å². The Bertz CT molecular complexity index is 634. The van der Waals surface area contributed by atoms with Crippen LogP contribution in [-0.2, 0) is 11.3 Å². The van der Waals surface area contributed by atoms with E-state index in [4.69, 9.17) is 5.26 Å². The quantitative estimate of drug-likeness (QED) is 0.911. The molecule has 19 heavy (non-hydrogen) atoms. The highest BCUT2D eigenvalue weighted by molar-refractivity contribution is 5.84. The van der Waals surface area contributed by atoms with E-state index in [-0.39, 0.29) is 12.5 Å². The summed E-state index contributed by atoms with van der Waals surface area (Å²) >= 11 is 0. The average molecular weight is 255 g/mol. The fourth-order valence-electron chi connectivity index (χ4n) is 1.92. The lowest BCUT2D eigenvalue weighted by Gasteiger charge is -2.09. The van der Waals surface area contributed by atoms with Gasteiger partial charge in [0.05, 0.1) is 11.6 Å². The summed E-state index contributed by atoms with van der Waals surface area (Å²) in [6, 6.07) is 9.56. The van der Waals surface area contributed by atoms with Crippen LogP contribution in [0.2, 0.25) is 0 Å². The van der Waals surface area contributed by atoms with Gasteiger partial charge in [0.25, 0.3) is 0 Å². The van der Waals surface area contributed by atoms with Crippen molar-refractivity contribution in [3.05, 3.63) is 36.0 Å². The van der Waals surface area contributed by atoms with Gasteiger partial charge in [0.15, 0.2) is 0 Å². The number of carbonyl (C=O) groups excluding carboxylic acids is 1. The lowest BCUT2D eigenvalue weighted by molar-refractivity contribution is -0.121. The SMILES string of the molecule is CC(C)CNC(=O)Cn1ccc2ccc(C#N)cc21. The van der Waals surface area contributed by atoms with Crippen molar-refractivity contribution < 1.29 is 4.79 Å². The molecule has 0 spiro atoms. The molecule has 1 aromatic heterocycles. The number of amides is 1. The summed E-state index contributed by atoms with van der Waals surface area (Å²) in [7, 11) is 0. The summed E-state index contributed by atoms with van der Waals surface area (Å²) in [5.41, 5.74) is 1.52. The molecule has 0 radical (unpaired) electrons. The van der Waals surface area contributed by atoms with Crippen LogP contribution in [0.15, 0.2) is 30.5 Å². The summed E-state index contributed by atoms with van der Waals surface area (Å²) < 4.78 is 1.87. The van der Waals surface area contributed by atoms with E-state index in [1.807, 2.05) is 29.0 Å². The third-order valence-electron chi connectivity index (χ3n) is 2.92. The van der Waals surface area contributed by atoms with Crippen molar-refractivity contribution in [3.8, 4) is 6.07 Å². The van der Waals surface area contributed by atoms with Gasteiger partial charge in [0.1, 0.15) is 6.54 Å². The fourth-order valence-corrected chi connectivity index (χ4v) is 1.92. The molecule has 0 aliphatic carbocycles. The van der Waals surface area contributed by atoms with Gasteiger partial charge in [-0.15, -0.1) is 0 Å². The first kappa shape index (κ1) is 13.2. The molecule has 4 heteroatoms. The molecule has 0 saturated heterocycles. The van der Waals surface area contributed by atoms with E-state index in [2.05, 4.69) is 25.2 Å². The van der Waals surface area contributed by atoms with Gasteiger partial charge in [-0.3, -0.25) is 4.79 Å². The van der Waals surface area contributed by atoms with Crippen LogP contribution in [0, 0.1) is 17.2 Å². The van der Waals surface area contributed by atoms with Gasteiger partial charge in [-0.25, -0.2) is 0 Å². The maximum Gasteiger partial charge on any atom is 0.239 e. The Hall–Kier alpha value is -2.28. The maximum atomic E-state index is 11.8. The highest BCUT2D eigenvalue weighted by Crippen LogP contribution is 2.17. The Morgan fingerprint density at radius 1 is 1.42 bits per heavy atom. The molecule has 98 valence electrons. The zero-order chi connectivity index (χ0) is 13.8. The standard InChI is InChI=1S/C15H17N3O/c1-11(2)9-17-15(19)10-18-6-5-13-4-3-12(8-16)7-14(13)18/h3-7,11H,9-10H2,1-2H3,(H,17,19). The van der Waals surface area contributed by atoms with Crippen molar-refractivity contribution in [1.82, 2.24) is 9.88 Å². The molecule has 1 amide bonds. The predicted octanol–water partition coefficient (Wildman–Crippen LogP) is 2.29. The van der Waals surface area contributed by atoms with Crippen LogP contribution in [0.4, 0.5) is 0 Å². The third kappa shape index (κ3) is 3.14. The van der Waals surface area contributed by atoms with Crippen molar-refractivity contribution in [1.29, 1.82) is 5.26 Å². The van der Waals surface area contributed by atoms with Gasteiger partial charge in [0, 0.05) is 18.3 Å². The summed E-state index contributed by atoms with van der Waals surface area (Å²) in [6.07, 6.45) is 1.88. The number of nitrogens with one attached hydrogen (secondary N) is 1. The molecule has 1 heterocycles. The number of nitriles is 1. The minimum atomic E-state index is -0.00596. The number of nitrogens with zero attached hydrogens (tertiary/aromatic N) is 2. The van der Waals surface area contributed by atoms with E-state index in [0.717, 1.165) is 10.9 Å². The summed E-state index contributed by atoms with van der Waals surface area (Å²) in [5.74, 6) is 0.434. The second kappa shape index (κ2) is 5.57. The topological polar surface area (TPSA) is 57.8 Å². The van der Waals surface area contributed by atoms with Crippen molar-refractivity contribution in [3.63, 3.8) is 0 Å².